The quantitative estimate of drug-likeness (QED) is 0.594. The number of benzene rings is 2. The highest BCUT2D eigenvalue weighted by molar-refractivity contribution is 6.36. The zero-order valence-corrected chi connectivity index (χ0v) is 14.0. The van der Waals surface area contributed by atoms with E-state index in [1.807, 2.05) is 30.6 Å². The summed E-state index contributed by atoms with van der Waals surface area (Å²) in [4.78, 5) is 4.49. The Labute approximate surface area is 144 Å². The molecule has 0 bridgehead atoms. The summed E-state index contributed by atoms with van der Waals surface area (Å²) in [5, 5.41) is 1.29. The number of halogens is 2. The molecule has 1 unspecified atom stereocenters. The van der Waals surface area contributed by atoms with E-state index in [2.05, 4.69) is 15.6 Å². The zero-order valence-electron chi connectivity index (χ0n) is 12.5. The standard InChI is InChI=1S/C18H16Cl2N2O/c19-13-5-6-14(15(20)10-13)12-4-7-16-17(9-12)22(11-21-16)18-3-1-2-8-23-18/h4-7,9-11,18H,1-3,8H2. The second-order valence-corrected chi connectivity index (χ2v) is 6.64. The number of hydrogen-bond donors (Lipinski definition) is 0. The Morgan fingerprint density at radius 3 is 2.78 bits per heavy atom. The molecular weight excluding hydrogens is 331 g/mol. The minimum atomic E-state index is 0.0738. The fourth-order valence-corrected chi connectivity index (χ4v) is 3.61. The van der Waals surface area contributed by atoms with Crippen molar-refractivity contribution < 1.29 is 4.74 Å². The molecule has 3 nitrogen and oxygen atoms in total. The minimum absolute atomic E-state index is 0.0738. The van der Waals surface area contributed by atoms with Crippen molar-refractivity contribution in [1.82, 2.24) is 9.55 Å². The minimum Gasteiger partial charge on any atom is -0.358 e. The van der Waals surface area contributed by atoms with E-state index < -0.39 is 0 Å². The number of rotatable bonds is 2. The van der Waals surface area contributed by atoms with Gasteiger partial charge >= 0.3 is 0 Å². The lowest BCUT2D eigenvalue weighted by Crippen LogP contribution is -2.17. The molecule has 0 spiro atoms. The summed E-state index contributed by atoms with van der Waals surface area (Å²) in [5.74, 6) is 0. The number of ether oxygens (including phenoxy) is 1. The van der Waals surface area contributed by atoms with Gasteiger partial charge in [-0.3, -0.25) is 0 Å². The Bertz CT molecular complexity index is 853. The van der Waals surface area contributed by atoms with Crippen LogP contribution in [0.1, 0.15) is 25.5 Å². The Kier molecular flexibility index (Phi) is 4.02. The first kappa shape index (κ1) is 15.0. The van der Waals surface area contributed by atoms with E-state index in [1.54, 1.807) is 6.07 Å². The van der Waals surface area contributed by atoms with Crippen molar-refractivity contribution >= 4 is 34.2 Å². The second-order valence-electron chi connectivity index (χ2n) is 5.80. The van der Waals surface area contributed by atoms with Crippen molar-refractivity contribution in [3.63, 3.8) is 0 Å². The molecule has 1 aromatic heterocycles. The molecule has 5 heteroatoms. The molecule has 0 aliphatic carbocycles. The zero-order chi connectivity index (χ0) is 15.8. The third-order valence-electron chi connectivity index (χ3n) is 4.28. The summed E-state index contributed by atoms with van der Waals surface area (Å²) in [6, 6.07) is 11.8. The molecule has 1 atom stereocenters. The second kappa shape index (κ2) is 6.16. The van der Waals surface area contributed by atoms with E-state index >= 15 is 0 Å². The summed E-state index contributed by atoms with van der Waals surface area (Å²) in [5.41, 5.74) is 4.06. The van der Waals surface area contributed by atoms with Crippen molar-refractivity contribution in [2.24, 2.45) is 0 Å². The van der Waals surface area contributed by atoms with Crippen LogP contribution in [-0.2, 0) is 4.74 Å². The van der Waals surface area contributed by atoms with Gasteiger partial charge in [-0.1, -0.05) is 35.3 Å². The average Bonchev–Trinajstić information content (AvgIpc) is 2.99. The van der Waals surface area contributed by atoms with E-state index in [4.69, 9.17) is 27.9 Å². The van der Waals surface area contributed by atoms with Gasteiger partial charge in [-0.2, -0.15) is 0 Å². The highest BCUT2D eigenvalue weighted by atomic mass is 35.5. The predicted octanol–water partition coefficient (Wildman–Crippen LogP) is 5.71. The summed E-state index contributed by atoms with van der Waals surface area (Å²) in [7, 11) is 0. The van der Waals surface area contributed by atoms with Crippen LogP contribution in [0.4, 0.5) is 0 Å². The van der Waals surface area contributed by atoms with Crippen LogP contribution >= 0.6 is 23.2 Å². The highest BCUT2D eigenvalue weighted by Crippen LogP contribution is 2.33. The predicted molar refractivity (Wildman–Crippen MR) is 94.0 cm³/mol. The van der Waals surface area contributed by atoms with Gasteiger partial charge in [0.25, 0.3) is 0 Å². The number of nitrogens with zero attached hydrogens (tertiary/aromatic N) is 2. The molecule has 1 fully saturated rings. The van der Waals surface area contributed by atoms with Gasteiger partial charge in [-0.05, 0) is 49.1 Å². The summed E-state index contributed by atoms with van der Waals surface area (Å²) in [6.07, 6.45) is 5.29. The fourth-order valence-electron chi connectivity index (χ4n) is 3.09. The molecule has 0 N–H and O–H groups in total. The fraction of sp³-hybridized carbons (Fsp3) is 0.278. The third-order valence-corrected chi connectivity index (χ3v) is 4.83. The number of hydrogen-bond acceptors (Lipinski definition) is 2. The van der Waals surface area contributed by atoms with Gasteiger partial charge in [0.05, 0.1) is 17.4 Å². The van der Waals surface area contributed by atoms with Gasteiger partial charge in [-0.25, -0.2) is 4.98 Å². The molecule has 3 aromatic rings. The molecule has 0 amide bonds. The lowest BCUT2D eigenvalue weighted by molar-refractivity contribution is -0.0295. The van der Waals surface area contributed by atoms with Crippen LogP contribution in [0, 0.1) is 0 Å². The van der Waals surface area contributed by atoms with Crippen molar-refractivity contribution in [3.8, 4) is 11.1 Å². The van der Waals surface area contributed by atoms with Gasteiger partial charge in [0.2, 0.25) is 0 Å². The number of imidazole rings is 1. The van der Waals surface area contributed by atoms with Gasteiger partial charge in [0.1, 0.15) is 6.23 Å². The van der Waals surface area contributed by atoms with E-state index in [1.165, 1.54) is 6.42 Å². The highest BCUT2D eigenvalue weighted by Gasteiger charge is 2.18. The molecule has 1 aliphatic rings. The topological polar surface area (TPSA) is 27.1 Å². The Hall–Kier alpha value is -1.55. The summed E-state index contributed by atoms with van der Waals surface area (Å²) in [6.45, 7) is 0.813. The molecule has 4 rings (SSSR count). The van der Waals surface area contributed by atoms with Gasteiger partial charge in [0.15, 0.2) is 0 Å². The first-order valence-corrected chi connectivity index (χ1v) is 8.51. The molecule has 23 heavy (non-hydrogen) atoms. The lowest BCUT2D eigenvalue weighted by Gasteiger charge is -2.24. The van der Waals surface area contributed by atoms with E-state index in [0.717, 1.165) is 41.6 Å². The maximum absolute atomic E-state index is 6.35. The van der Waals surface area contributed by atoms with Gasteiger partial charge in [0, 0.05) is 22.2 Å². The monoisotopic (exact) mass is 346 g/mol. The van der Waals surface area contributed by atoms with Gasteiger partial charge < -0.3 is 9.30 Å². The molecule has 2 heterocycles. The SMILES string of the molecule is Clc1ccc(-c2ccc3ncn(C4CCCCO4)c3c2)c(Cl)c1. The van der Waals surface area contributed by atoms with E-state index in [-0.39, 0.29) is 6.23 Å². The van der Waals surface area contributed by atoms with Crippen molar-refractivity contribution in [1.29, 1.82) is 0 Å². The van der Waals surface area contributed by atoms with Crippen LogP contribution in [0.25, 0.3) is 22.2 Å². The van der Waals surface area contributed by atoms with Crippen molar-refractivity contribution in [3.05, 3.63) is 52.8 Å². The lowest BCUT2D eigenvalue weighted by atomic mass is 10.0. The molecule has 0 saturated carbocycles. The first-order valence-electron chi connectivity index (χ1n) is 7.76. The van der Waals surface area contributed by atoms with E-state index in [0.29, 0.717) is 10.0 Å². The van der Waals surface area contributed by atoms with Crippen LogP contribution in [-0.4, -0.2) is 16.2 Å². The normalized spacial score (nSPS) is 18.4. The van der Waals surface area contributed by atoms with Crippen molar-refractivity contribution in [2.75, 3.05) is 6.61 Å². The Balaban J connectivity index is 1.80. The third kappa shape index (κ3) is 2.85. The van der Waals surface area contributed by atoms with Crippen LogP contribution in [0.15, 0.2) is 42.7 Å². The molecule has 1 saturated heterocycles. The van der Waals surface area contributed by atoms with Crippen LogP contribution in [0.5, 0.6) is 0 Å². The largest absolute Gasteiger partial charge is 0.358 e. The molecule has 2 aromatic carbocycles. The van der Waals surface area contributed by atoms with Crippen molar-refractivity contribution in [2.45, 2.75) is 25.5 Å². The number of fused-ring (bicyclic) bond motifs is 1. The summed E-state index contributed by atoms with van der Waals surface area (Å²) >= 11 is 12.3. The smallest absolute Gasteiger partial charge is 0.135 e. The molecule has 0 radical (unpaired) electrons. The average molecular weight is 347 g/mol. The van der Waals surface area contributed by atoms with Crippen LogP contribution in [0.2, 0.25) is 10.0 Å². The maximum atomic E-state index is 6.35. The number of aromatic nitrogens is 2. The molecular formula is C18H16Cl2N2O. The van der Waals surface area contributed by atoms with Crippen LogP contribution < -0.4 is 0 Å². The Morgan fingerprint density at radius 1 is 1.09 bits per heavy atom. The first-order chi connectivity index (χ1) is 11.2. The maximum Gasteiger partial charge on any atom is 0.135 e. The van der Waals surface area contributed by atoms with Crippen LogP contribution in [0.3, 0.4) is 0 Å². The Morgan fingerprint density at radius 2 is 2.00 bits per heavy atom. The summed E-state index contributed by atoms with van der Waals surface area (Å²) < 4.78 is 8.02. The molecule has 118 valence electrons. The molecule has 1 aliphatic heterocycles. The van der Waals surface area contributed by atoms with E-state index in [9.17, 15) is 0 Å². The van der Waals surface area contributed by atoms with Gasteiger partial charge in [-0.15, -0.1) is 0 Å².